The molecule has 0 aromatic carbocycles. The van der Waals surface area contributed by atoms with Gasteiger partial charge in [-0.3, -0.25) is 0 Å². The molecule has 0 spiro atoms. The van der Waals surface area contributed by atoms with Gasteiger partial charge in [-0.15, -0.1) is 0 Å². The molecule has 0 aromatic rings. The molecule has 8 heavy (non-hydrogen) atoms. The van der Waals surface area contributed by atoms with E-state index in [9.17, 15) is 0 Å². The van der Waals surface area contributed by atoms with Gasteiger partial charge in [-0.1, -0.05) is 19.3 Å². The molecule has 48 valence electrons. The van der Waals surface area contributed by atoms with Crippen molar-refractivity contribution in [3.8, 4) is 0 Å². The minimum Gasteiger partial charge on any atom is -0.328 e. The highest BCUT2D eigenvalue weighted by atomic mass is 14.6. The van der Waals surface area contributed by atoms with Gasteiger partial charge in [0.05, 0.1) is 0 Å². The lowest BCUT2D eigenvalue weighted by molar-refractivity contribution is 0.281. The first-order chi connectivity index (χ1) is 3.79. The summed E-state index contributed by atoms with van der Waals surface area (Å²) in [5.74, 6) is 0.981. The van der Waals surface area contributed by atoms with Crippen LogP contribution in [0.5, 0.6) is 0 Å². The first-order valence-electron chi connectivity index (χ1n) is 3.54. The summed E-state index contributed by atoms with van der Waals surface area (Å²) < 4.78 is 0. The Labute approximate surface area is 51.3 Å². The molecular formula is C7H15N. The second kappa shape index (κ2) is 2.49. The van der Waals surface area contributed by atoms with Crippen molar-refractivity contribution in [3.05, 3.63) is 0 Å². The molecule has 1 saturated carbocycles. The molecule has 0 amide bonds. The van der Waals surface area contributed by atoms with Gasteiger partial charge in [-0.25, -0.2) is 0 Å². The van der Waals surface area contributed by atoms with Gasteiger partial charge in [-0.2, -0.15) is 0 Å². The normalized spacial score (nSPS) is 24.8. The van der Waals surface area contributed by atoms with Crippen LogP contribution in [0.1, 0.15) is 32.6 Å². The number of rotatable bonds is 2. The van der Waals surface area contributed by atoms with Crippen LogP contribution in [0.3, 0.4) is 0 Å². The third-order valence-corrected chi connectivity index (χ3v) is 1.93. The lowest BCUT2D eigenvalue weighted by atomic mass is 9.81. The second-order valence-corrected chi connectivity index (χ2v) is 3.01. The zero-order valence-corrected chi connectivity index (χ0v) is 5.56. The highest BCUT2D eigenvalue weighted by molar-refractivity contribution is 4.72. The highest BCUT2D eigenvalue weighted by Gasteiger charge is 2.17. The zero-order valence-electron chi connectivity index (χ0n) is 5.56. The minimum absolute atomic E-state index is 0.431. The van der Waals surface area contributed by atoms with Crippen molar-refractivity contribution in [2.75, 3.05) is 0 Å². The van der Waals surface area contributed by atoms with Gasteiger partial charge < -0.3 is 5.73 Å². The van der Waals surface area contributed by atoms with E-state index in [1.54, 1.807) is 0 Å². The molecule has 0 radical (unpaired) electrons. The van der Waals surface area contributed by atoms with E-state index in [1.165, 1.54) is 25.7 Å². The molecule has 0 unspecified atom stereocenters. The fourth-order valence-corrected chi connectivity index (χ4v) is 1.25. The second-order valence-electron chi connectivity index (χ2n) is 3.01. The highest BCUT2D eigenvalue weighted by Crippen LogP contribution is 2.29. The minimum atomic E-state index is 0.431. The van der Waals surface area contributed by atoms with E-state index in [4.69, 9.17) is 5.73 Å². The van der Waals surface area contributed by atoms with Crippen LogP contribution in [-0.2, 0) is 0 Å². The summed E-state index contributed by atoms with van der Waals surface area (Å²) in [4.78, 5) is 0. The Morgan fingerprint density at radius 1 is 1.62 bits per heavy atom. The molecule has 1 aliphatic rings. The quantitative estimate of drug-likeness (QED) is 0.577. The number of hydrogen-bond donors (Lipinski definition) is 1. The number of hydrogen-bond acceptors (Lipinski definition) is 1. The molecule has 0 saturated heterocycles. The number of nitrogens with two attached hydrogens (primary N) is 1. The predicted octanol–water partition coefficient (Wildman–Crippen LogP) is 1.52. The van der Waals surface area contributed by atoms with Gasteiger partial charge in [0, 0.05) is 6.04 Å². The predicted molar refractivity (Wildman–Crippen MR) is 35.6 cm³/mol. The Kier molecular flexibility index (Phi) is 1.90. The van der Waals surface area contributed by atoms with E-state index in [1.807, 2.05) is 0 Å². The van der Waals surface area contributed by atoms with Crippen molar-refractivity contribution in [2.24, 2.45) is 11.7 Å². The summed E-state index contributed by atoms with van der Waals surface area (Å²) >= 11 is 0. The van der Waals surface area contributed by atoms with Crippen molar-refractivity contribution in [1.29, 1.82) is 0 Å². The van der Waals surface area contributed by atoms with Crippen molar-refractivity contribution in [2.45, 2.75) is 38.6 Å². The Balaban J connectivity index is 2.01. The van der Waals surface area contributed by atoms with Gasteiger partial charge in [0.15, 0.2) is 0 Å². The van der Waals surface area contributed by atoms with Gasteiger partial charge in [-0.05, 0) is 19.3 Å². The van der Waals surface area contributed by atoms with Gasteiger partial charge in [0.2, 0.25) is 0 Å². The lowest BCUT2D eigenvalue weighted by Gasteiger charge is -2.26. The molecule has 1 fully saturated rings. The average molecular weight is 113 g/mol. The van der Waals surface area contributed by atoms with Crippen LogP contribution >= 0.6 is 0 Å². The Bertz CT molecular complexity index is 64.8. The average Bonchev–Trinajstić information content (AvgIpc) is 1.55. The summed E-state index contributed by atoms with van der Waals surface area (Å²) in [5, 5.41) is 0. The fourth-order valence-electron chi connectivity index (χ4n) is 1.25. The summed E-state index contributed by atoms with van der Waals surface area (Å²) in [6.07, 6.45) is 5.56. The smallest absolute Gasteiger partial charge is 0.00131 e. The summed E-state index contributed by atoms with van der Waals surface area (Å²) in [6.45, 7) is 2.10. The SMILES string of the molecule is C[C@H](N)CC1CCC1. The first-order valence-corrected chi connectivity index (χ1v) is 3.54. The fraction of sp³-hybridized carbons (Fsp3) is 1.00. The molecule has 1 heteroatoms. The van der Waals surface area contributed by atoms with Crippen LogP contribution in [0.2, 0.25) is 0 Å². The maximum atomic E-state index is 5.60. The molecule has 0 bridgehead atoms. The van der Waals surface area contributed by atoms with E-state index in [-0.39, 0.29) is 0 Å². The first kappa shape index (κ1) is 6.09. The summed E-state index contributed by atoms with van der Waals surface area (Å²) in [5.41, 5.74) is 5.60. The molecule has 1 nitrogen and oxygen atoms in total. The van der Waals surface area contributed by atoms with Crippen LogP contribution in [-0.4, -0.2) is 6.04 Å². The topological polar surface area (TPSA) is 26.0 Å². The zero-order chi connectivity index (χ0) is 5.98. The Hall–Kier alpha value is -0.0400. The van der Waals surface area contributed by atoms with E-state index in [0.717, 1.165) is 5.92 Å². The van der Waals surface area contributed by atoms with E-state index in [2.05, 4.69) is 6.92 Å². The van der Waals surface area contributed by atoms with Crippen molar-refractivity contribution in [3.63, 3.8) is 0 Å². The molecule has 1 atom stereocenters. The largest absolute Gasteiger partial charge is 0.328 e. The molecule has 1 aliphatic carbocycles. The molecule has 0 heterocycles. The summed E-state index contributed by atoms with van der Waals surface area (Å²) in [6, 6.07) is 0.431. The molecular weight excluding hydrogens is 98.1 g/mol. The third kappa shape index (κ3) is 1.48. The third-order valence-electron chi connectivity index (χ3n) is 1.93. The molecule has 1 rings (SSSR count). The monoisotopic (exact) mass is 113 g/mol. The van der Waals surface area contributed by atoms with Crippen molar-refractivity contribution >= 4 is 0 Å². The maximum Gasteiger partial charge on any atom is 0.00131 e. The van der Waals surface area contributed by atoms with Crippen LogP contribution < -0.4 is 5.73 Å². The van der Waals surface area contributed by atoms with Crippen molar-refractivity contribution in [1.82, 2.24) is 0 Å². The van der Waals surface area contributed by atoms with Gasteiger partial charge in [0.25, 0.3) is 0 Å². The standard InChI is InChI=1S/C7H15N/c1-6(8)5-7-3-2-4-7/h6-7H,2-5,8H2,1H3/t6-/m0/s1. The lowest BCUT2D eigenvalue weighted by Crippen LogP contribution is -2.23. The maximum absolute atomic E-state index is 5.60. The Morgan fingerprint density at radius 3 is 2.38 bits per heavy atom. The summed E-state index contributed by atoms with van der Waals surface area (Å²) in [7, 11) is 0. The van der Waals surface area contributed by atoms with E-state index >= 15 is 0 Å². The van der Waals surface area contributed by atoms with Crippen LogP contribution in [0.15, 0.2) is 0 Å². The molecule has 0 aliphatic heterocycles. The van der Waals surface area contributed by atoms with Crippen LogP contribution in [0.4, 0.5) is 0 Å². The van der Waals surface area contributed by atoms with Gasteiger partial charge >= 0.3 is 0 Å². The van der Waals surface area contributed by atoms with Crippen LogP contribution in [0, 0.1) is 5.92 Å². The Morgan fingerprint density at radius 2 is 2.25 bits per heavy atom. The van der Waals surface area contributed by atoms with Gasteiger partial charge in [0.1, 0.15) is 0 Å². The van der Waals surface area contributed by atoms with E-state index < -0.39 is 0 Å². The molecule has 2 N–H and O–H groups in total. The van der Waals surface area contributed by atoms with Crippen LogP contribution in [0.25, 0.3) is 0 Å². The van der Waals surface area contributed by atoms with Crippen molar-refractivity contribution < 1.29 is 0 Å². The molecule has 0 aromatic heterocycles. The van der Waals surface area contributed by atoms with E-state index in [0.29, 0.717) is 6.04 Å².